The zero-order valence-corrected chi connectivity index (χ0v) is 22.7. The molecule has 9 nitrogen and oxygen atoms in total. The molecule has 1 aliphatic carbocycles. The lowest BCUT2D eigenvalue weighted by Crippen LogP contribution is -2.48. The molecule has 214 valence electrons. The quantitative estimate of drug-likeness (QED) is 0.192. The number of hydrogen-bond acceptors (Lipinski definition) is 6. The highest BCUT2D eigenvalue weighted by molar-refractivity contribution is 5.89. The number of benzene rings is 3. The Morgan fingerprint density at radius 3 is 2.07 bits per heavy atom. The first-order valence-electron chi connectivity index (χ1n) is 13.7. The molecule has 0 saturated heterocycles. The standard InChI is InChI=1S/C32H34N2O7/c35-29(36)17-5-2-10-18-33-31(38)28(19-30(37)40-20-22-11-3-1-4-12-22)34-32(39)41-21-27-25-15-8-6-13-23(25)24-14-7-9-16-26(24)27/h1,3-4,6-9,11-16,27-28H,2,5,10,17-21H2,(H,33,38)(H,34,39)(H,35,36)/t28-/m0/s1. The first-order chi connectivity index (χ1) is 19.9. The first kappa shape index (κ1) is 29.3. The van der Waals surface area contributed by atoms with E-state index in [0.29, 0.717) is 19.3 Å². The van der Waals surface area contributed by atoms with E-state index in [4.69, 9.17) is 14.6 Å². The predicted octanol–water partition coefficient (Wildman–Crippen LogP) is 4.79. The Morgan fingerprint density at radius 1 is 0.780 bits per heavy atom. The minimum atomic E-state index is -1.20. The summed E-state index contributed by atoms with van der Waals surface area (Å²) < 4.78 is 10.9. The number of unbranched alkanes of at least 4 members (excludes halogenated alkanes) is 2. The zero-order chi connectivity index (χ0) is 29.0. The molecule has 4 rings (SSSR count). The lowest BCUT2D eigenvalue weighted by atomic mass is 9.98. The predicted molar refractivity (Wildman–Crippen MR) is 152 cm³/mol. The van der Waals surface area contributed by atoms with Gasteiger partial charge in [0, 0.05) is 18.9 Å². The monoisotopic (exact) mass is 558 g/mol. The molecule has 1 aliphatic rings. The number of ether oxygens (including phenoxy) is 2. The van der Waals surface area contributed by atoms with Gasteiger partial charge in [-0.15, -0.1) is 0 Å². The smallest absolute Gasteiger partial charge is 0.407 e. The number of aliphatic carboxylic acids is 1. The fourth-order valence-electron chi connectivity index (χ4n) is 4.87. The molecule has 1 atom stereocenters. The van der Waals surface area contributed by atoms with Crippen LogP contribution < -0.4 is 10.6 Å². The molecule has 0 spiro atoms. The Labute approximate surface area is 238 Å². The summed E-state index contributed by atoms with van der Waals surface area (Å²) in [7, 11) is 0. The summed E-state index contributed by atoms with van der Waals surface area (Å²) in [6, 6.07) is 23.9. The van der Waals surface area contributed by atoms with E-state index >= 15 is 0 Å². The number of esters is 1. The Balaban J connectivity index is 1.34. The van der Waals surface area contributed by atoms with Crippen LogP contribution in [0.3, 0.4) is 0 Å². The molecular formula is C32H34N2O7. The van der Waals surface area contributed by atoms with Gasteiger partial charge in [-0.3, -0.25) is 14.4 Å². The second-order valence-electron chi connectivity index (χ2n) is 9.87. The van der Waals surface area contributed by atoms with Crippen molar-refractivity contribution < 1.29 is 33.8 Å². The lowest BCUT2D eigenvalue weighted by Gasteiger charge is -2.19. The summed E-state index contributed by atoms with van der Waals surface area (Å²) in [6.07, 6.45) is 0.558. The minimum Gasteiger partial charge on any atom is -0.481 e. The molecule has 0 aromatic heterocycles. The van der Waals surface area contributed by atoms with Crippen molar-refractivity contribution in [1.82, 2.24) is 10.6 Å². The fourth-order valence-corrected chi connectivity index (χ4v) is 4.87. The Morgan fingerprint density at radius 2 is 1.41 bits per heavy atom. The summed E-state index contributed by atoms with van der Waals surface area (Å²) in [4.78, 5) is 49.0. The number of carboxylic acids is 1. The molecule has 3 N–H and O–H groups in total. The molecule has 9 heteroatoms. The van der Waals surface area contributed by atoms with Gasteiger partial charge >= 0.3 is 18.0 Å². The molecule has 0 fully saturated rings. The van der Waals surface area contributed by atoms with Gasteiger partial charge in [-0.2, -0.15) is 0 Å². The summed E-state index contributed by atoms with van der Waals surface area (Å²) in [5.74, 6) is -2.21. The summed E-state index contributed by atoms with van der Waals surface area (Å²) in [5, 5.41) is 14.0. The van der Waals surface area contributed by atoms with E-state index < -0.39 is 30.0 Å². The van der Waals surface area contributed by atoms with E-state index in [9.17, 15) is 19.2 Å². The van der Waals surface area contributed by atoms with Crippen molar-refractivity contribution in [2.45, 2.75) is 50.7 Å². The van der Waals surface area contributed by atoms with Crippen molar-refractivity contribution in [2.75, 3.05) is 13.2 Å². The van der Waals surface area contributed by atoms with Crippen molar-refractivity contribution >= 4 is 23.9 Å². The Bertz CT molecular complexity index is 1310. The topological polar surface area (TPSA) is 131 Å². The molecule has 3 aromatic rings. The maximum atomic E-state index is 12.9. The van der Waals surface area contributed by atoms with Gasteiger partial charge in [-0.25, -0.2) is 4.79 Å². The molecule has 0 radical (unpaired) electrons. The van der Waals surface area contributed by atoms with Gasteiger partial charge in [0.15, 0.2) is 0 Å². The van der Waals surface area contributed by atoms with Gasteiger partial charge in [-0.1, -0.05) is 85.3 Å². The van der Waals surface area contributed by atoms with Crippen LogP contribution in [0.15, 0.2) is 78.9 Å². The van der Waals surface area contributed by atoms with Gasteiger partial charge in [0.1, 0.15) is 19.3 Å². The van der Waals surface area contributed by atoms with Crippen molar-refractivity contribution in [3.8, 4) is 11.1 Å². The van der Waals surface area contributed by atoms with E-state index in [1.165, 1.54) is 0 Å². The number of rotatable bonds is 14. The van der Waals surface area contributed by atoms with Crippen molar-refractivity contribution in [3.05, 3.63) is 95.6 Å². The highest BCUT2D eigenvalue weighted by Crippen LogP contribution is 2.44. The molecule has 2 amide bonds. The van der Waals surface area contributed by atoms with E-state index in [0.717, 1.165) is 27.8 Å². The SMILES string of the molecule is O=C(O)CCCCCNC(=O)[C@H](CC(=O)OCc1ccccc1)NC(=O)OCC1c2ccccc2-c2ccccc21. The molecular weight excluding hydrogens is 524 g/mol. The van der Waals surface area contributed by atoms with Crippen LogP contribution in [0, 0.1) is 0 Å². The van der Waals surface area contributed by atoms with Crippen LogP contribution in [-0.4, -0.2) is 48.2 Å². The maximum absolute atomic E-state index is 12.9. The second kappa shape index (κ2) is 14.6. The second-order valence-corrected chi connectivity index (χ2v) is 9.87. The van der Waals surface area contributed by atoms with E-state index in [2.05, 4.69) is 10.6 Å². The van der Waals surface area contributed by atoms with Gasteiger partial charge < -0.3 is 25.2 Å². The van der Waals surface area contributed by atoms with Gasteiger partial charge in [0.25, 0.3) is 0 Å². The lowest BCUT2D eigenvalue weighted by molar-refractivity contribution is -0.147. The molecule has 0 bridgehead atoms. The third kappa shape index (κ3) is 8.41. The van der Waals surface area contributed by atoms with Gasteiger partial charge in [0.05, 0.1) is 6.42 Å². The Hall–Kier alpha value is -4.66. The molecule has 0 heterocycles. The molecule has 0 aliphatic heterocycles. The zero-order valence-electron chi connectivity index (χ0n) is 22.7. The largest absolute Gasteiger partial charge is 0.481 e. The van der Waals surface area contributed by atoms with Gasteiger partial charge in [0.2, 0.25) is 5.91 Å². The maximum Gasteiger partial charge on any atom is 0.407 e. The number of fused-ring (bicyclic) bond motifs is 3. The number of nitrogens with one attached hydrogen (secondary N) is 2. The number of carbonyl (C=O) groups excluding carboxylic acids is 3. The van der Waals surface area contributed by atoms with E-state index in [1.807, 2.05) is 78.9 Å². The number of amides is 2. The molecule has 3 aromatic carbocycles. The van der Waals surface area contributed by atoms with Crippen LogP contribution in [0.25, 0.3) is 11.1 Å². The van der Waals surface area contributed by atoms with Crippen LogP contribution in [0.5, 0.6) is 0 Å². The number of carboxylic acid groups (broad SMARTS) is 1. The van der Waals surface area contributed by atoms with Crippen LogP contribution >= 0.6 is 0 Å². The summed E-state index contributed by atoms with van der Waals surface area (Å²) in [5.41, 5.74) is 5.11. The molecule has 0 unspecified atom stereocenters. The summed E-state index contributed by atoms with van der Waals surface area (Å²) in [6.45, 7) is 0.388. The third-order valence-corrected chi connectivity index (χ3v) is 6.93. The van der Waals surface area contributed by atoms with Crippen LogP contribution in [0.2, 0.25) is 0 Å². The van der Waals surface area contributed by atoms with Crippen LogP contribution in [-0.2, 0) is 30.5 Å². The van der Waals surface area contributed by atoms with Crippen LogP contribution in [0.4, 0.5) is 4.79 Å². The highest BCUT2D eigenvalue weighted by atomic mass is 16.5. The number of hydrogen-bond donors (Lipinski definition) is 3. The third-order valence-electron chi connectivity index (χ3n) is 6.93. The van der Waals surface area contributed by atoms with Crippen molar-refractivity contribution in [3.63, 3.8) is 0 Å². The number of alkyl carbamates (subject to hydrolysis) is 1. The average Bonchev–Trinajstić information content (AvgIpc) is 3.30. The highest BCUT2D eigenvalue weighted by Gasteiger charge is 2.30. The first-order valence-corrected chi connectivity index (χ1v) is 13.7. The van der Waals surface area contributed by atoms with Gasteiger partial charge in [-0.05, 0) is 40.7 Å². The van der Waals surface area contributed by atoms with Crippen molar-refractivity contribution in [1.29, 1.82) is 0 Å². The van der Waals surface area contributed by atoms with Crippen LogP contribution in [0.1, 0.15) is 54.7 Å². The summed E-state index contributed by atoms with van der Waals surface area (Å²) >= 11 is 0. The molecule has 41 heavy (non-hydrogen) atoms. The average molecular weight is 559 g/mol. The normalized spacial score (nSPS) is 12.5. The van der Waals surface area contributed by atoms with E-state index in [1.54, 1.807) is 0 Å². The van der Waals surface area contributed by atoms with E-state index in [-0.39, 0.29) is 38.5 Å². The van der Waals surface area contributed by atoms with Crippen molar-refractivity contribution in [2.24, 2.45) is 0 Å². The minimum absolute atomic E-state index is 0.0442. The fraction of sp³-hybridized carbons (Fsp3) is 0.312. The Kier molecular flexibility index (Phi) is 10.5. The number of carbonyl (C=O) groups is 4. The molecule has 0 saturated carbocycles.